The normalized spacial score (nSPS) is 15.3. The minimum atomic E-state index is -0.568. The maximum atomic E-state index is 12.4. The average Bonchev–Trinajstić information content (AvgIpc) is 3.23. The zero-order valence-electron chi connectivity index (χ0n) is 16.9. The molecule has 2 amide bonds. The van der Waals surface area contributed by atoms with Crippen LogP contribution in [-0.2, 0) is 20.8 Å². The summed E-state index contributed by atoms with van der Waals surface area (Å²) in [4.78, 5) is 36.5. The van der Waals surface area contributed by atoms with Crippen LogP contribution < -0.4 is 20.6 Å². The molecule has 0 saturated carbocycles. The first-order valence-electron chi connectivity index (χ1n) is 9.71. The highest BCUT2D eigenvalue weighted by Gasteiger charge is 2.34. The Kier molecular flexibility index (Phi) is 6.79. The van der Waals surface area contributed by atoms with E-state index in [0.29, 0.717) is 11.4 Å². The van der Waals surface area contributed by atoms with Gasteiger partial charge >= 0.3 is 0 Å². The SMILES string of the molecule is CCc1ccccc1OCC(=O)NNC(=O)C1=NN(c2ccccc2)C(C(C)=O)C1. The summed E-state index contributed by atoms with van der Waals surface area (Å²) in [5, 5.41) is 5.82. The number of hydrogen-bond acceptors (Lipinski definition) is 6. The largest absolute Gasteiger partial charge is 0.483 e. The van der Waals surface area contributed by atoms with Crippen molar-refractivity contribution < 1.29 is 19.1 Å². The molecule has 2 aromatic carbocycles. The Morgan fingerprint density at radius 2 is 1.77 bits per heavy atom. The average molecular weight is 408 g/mol. The van der Waals surface area contributed by atoms with Crippen molar-refractivity contribution in [3.05, 3.63) is 60.2 Å². The number of nitrogens with one attached hydrogen (secondary N) is 2. The smallest absolute Gasteiger partial charge is 0.285 e. The first-order valence-corrected chi connectivity index (χ1v) is 9.71. The van der Waals surface area contributed by atoms with Crippen molar-refractivity contribution in [3.63, 3.8) is 0 Å². The van der Waals surface area contributed by atoms with E-state index in [2.05, 4.69) is 16.0 Å². The van der Waals surface area contributed by atoms with Crippen molar-refractivity contribution in [2.24, 2.45) is 5.10 Å². The zero-order chi connectivity index (χ0) is 21.5. The number of Topliss-reactive ketones (excluding diaryl/α,β-unsaturated/α-hetero) is 1. The number of hydrazone groups is 1. The molecule has 0 bridgehead atoms. The number of ether oxygens (including phenoxy) is 1. The predicted octanol–water partition coefficient (Wildman–Crippen LogP) is 2.00. The van der Waals surface area contributed by atoms with Crippen LogP contribution in [0.4, 0.5) is 5.69 Å². The molecule has 0 spiro atoms. The van der Waals surface area contributed by atoms with Crippen LogP contribution in [0.3, 0.4) is 0 Å². The van der Waals surface area contributed by atoms with E-state index in [-0.39, 0.29) is 24.5 Å². The molecule has 0 fully saturated rings. The van der Waals surface area contributed by atoms with Crippen LogP contribution in [0.2, 0.25) is 0 Å². The topological polar surface area (TPSA) is 100 Å². The van der Waals surface area contributed by atoms with Gasteiger partial charge in [-0.25, -0.2) is 0 Å². The molecule has 1 unspecified atom stereocenters. The van der Waals surface area contributed by atoms with E-state index in [0.717, 1.165) is 12.0 Å². The van der Waals surface area contributed by atoms with Gasteiger partial charge in [-0.1, -0.05) is 43.3 Å². The lowest BCUT2D eigenvalue weighted by molar-refractivity contribution is -0.127. The molecule has 1 aliphatic heterocycles. The van der Waals surface area contributed by atoms with Gasteiger partial charge < -0.3 is 4.74 Å². The Morgan fingerprint density at radius 1 is 1.07 bits per heavy atom. The standard InChI is InChI=1S/C22H24N4O4/c1-3-16-9-7-8-12-20(16)30-14-21(28)23-24-22(29)18-13-19(15(2)27)26(25-18)17-10-5-4-6-11-17/h4-12,19H,3,13-14H2,1-2H3,(H,23,28)(H,24,29). The molecule has 8 heteroatoms. The molecule has 1 aliphatic rings. The van der Waals surface area contributed by atoms with Gasteiger partial charge in [0.05, 0.1) is 5.69 Å². The maximum Gasteiger partial charge on any atom is 0.285 e. The second kappa shape index (κ2) is 9.69. The van der Waals surface area contributed by atoms with E-state index >= 15 is 0 Å². The van der Waals surface area contributed by atoms with Crippen LogP contribution >= 0.6 is 0 Å². The van der Waals surface area contributed by atoms with Gasteiger partial charge in [-0.3, -0.25) is 30.2 Å². The Morgan fingerprint density at radius 3 is 2.47 bits per heavy atom. The van der Waals surface area contributed by atoms with E-state index in [1.165, 1.54) is 11.9 Å². The third-order valence-corrected chi connectivity index (χ3v) is 4.69. The minimum Gasteiger partial charge on any atom is -0.483 e. The molecule has 1 atom stereocenters. The van der Waals surface area contributed by atoms with Gasteiger partial charge in [-0.15, -0.1) is 0 Å². The maximum absolute atomic E-state index is 12.4. The molecule has 2 N–H and O–H groups in total. The molecule has 0 aromatic heterocycles. The number of amides is 2. The monoisotopic (exact) mass is 408 g/mol. The van der Waals surface area contributed by atoms with Crippen molar-refractivity contribution in [1.82, 2.24) is 10.9 Å². The fraction of sp³-hybridized carbons (Fsp3) is 0.273. The summed E-state index contributed by atoms with van der Waals surface area (Å²) < 4.78 is 5.52. The van der Waals surface area contributed by atoms with E-state index in [9.17, 15) is 14.4 Å². The second-order valence-corrected chi connectivity index (χ2v) is 6.81. The Bertz CT molecular complexity index is 959. The summed E-state index contributed by atoms with van der Waals surface area (Å²) in [6.07, 6.45) is 0.940. The number of ketones is 1. The summed E-state index contributed by atoms with van der Waals surface area (Å²) in [6.45, 7) is 3.22. The van der Waals surface area contributed by atoms with E-state index in [4.69, 9.17) is 4.74 Å². The van der Waals surface area contributed by atoms with Gasteiger partial charge in [-0.05, 0) is 37.1 Å². The van der Waals surface area contributed by atoms with Crippen molar-refractivity contribution in [2.45, 2.75) is 32.7 Å². The van der Waals surface area contributed by atoms with Gasteiger partial charge in [0.25, 0.3) is 11.8 Å². The fourth-order valence-corrected chi connectivity index (χ4v) is 3.10. The van der Waals surface area contributed by atoms with E-state index in [1.54, 1.807) is 6.07 Å². The lowest BCUT2D eigenvalue weighted by Crippen LogP contribution is -2.46. The molecule has 0 aliphatic carbocycles. The van der Waals surface area contributed by atoms with Crippen molar-refractivity contribution in [2.75, 3.05) is 11.6 Å². The summed E-state index contributed by atoms with van der Waals surface area (Å²) in [6, 6.07) is 16.0. The molecule has 8 nitrogen and oxygen atoms in total. The highest BCUT2D eigenvalue weighted by atomic mass is 16.5. The second-order valence-electron chi connectivity index (χ2n) is 6.81. The van der Waals surface area contributed by atoms with Gasteiger partial charge in [-0.2, -0.15) is 5.10 Å². The zero-order valence-corrected chi connectivity index (χ0v) is 16.9. The number of benzene rings is 2. The Labute approximate surface area is 174 Å². The molecule has 30 heavy (non-hydrogen) atoms. The van der Waals surface area contributed by atoms with Gasteiger partial charge in [0.1, 0.15) is 17.5 Å². The summed E-state index contributed by atoms with van der Waals surface area (Å²) >= 11 is 0. The number of anilines is 1. The predicted molar refractivity (Wildman–Crippen MR) is 113 cm³/mol. The van der Waals surface area contributed by atoms with Crippen LogP contribution in [0, 0.1) is 0 Å². The minimum absolute atomic E-state index is 0.0996. The van der Waals surface area contributed by atoms with Crippen LogP contribution in [-0.4, -0.2) is 36.0 Å². The molecule has 0 saturated heterocycles. The van der Waals surface area contributed by atoms with Crippen molar-refractivity contribution >= 4 is 29.0 Å². The first-order chi connectivity index (χ1) is 14.5. The summed E-state index contributed by atoms with van der Waals surface area (Å²) in [5.41, 5.74) is 6.52. The number of aryl methyl sites for hydroxylation is 1. The number of para-hydroxylation sites is 2. The first kappa shape index (κ1) is 21.0. The number of rotatable bonds is 7. The van der Waals surface area contributed by atoms with Crippen LogP contribution in [0.5, 0.6) is 5.75 Å². The molecule has 1 heterocycles. The van der Waals surface area contributed by atoms with Crippen LogP contribution in [0.1, 0.15) is 25.8 Å². The third kappa shape index (κ3) is 5.02. The molecule has 156 valence electrons. The van der Waals surface area contributed by atoms with Crippen molar-refractivity contribution in [3.8, 4) is 5.75 Å². The fourth-order valence-electron chi connectivity index (χ4n) is 3.10. The van der Waals surface area contributed by atoms with Gasteiger partial charge in [0.15, 0.2) is 12.4 Å². The molecular weight excluding hydrogens is 384 g/mol. The lowest BCUT2D eigenvalue weighted by atomic mass is 10.1. The van der Waals surface area contributed by atoms with E-state index < -0.39 is 17.9 Å². The number of hydrazine groups is 1. The molecule has 0 radical (unpaired) electrons. The van der Waals surface area contributed by atoms with Gasteiger partial charge in [0, 0.05) is 6.42 Å². The third-order valence-electron chi connectivity index (χ3n) is 4.69. The number of carbonyl (C=O) groups is 3. The number of carbonyl (C=O) groups excluding carboxylic acids is 3. The highest BCUT2D eigenvalue weighted by molar-refractivity contribution is 6.40. The summed E-state index contributed by atoms with van der Waals surface area (Å²) in [7, 11) is 0. The summed E-state index contributed by atoms with van der Waals surface area (Å²) in [5.74, 6) is -0.542. The Hall–Kier alpha value is -3.68. The highest BCUT2D eigenvalue weighted by Crippen LogP contribution is 2.25. The lowest BCUT2D eigenvalue weighted by Gasteiger charge is -2.20. The van der Waals surface area contributed by atoms with Crippen LogP contribution in [0.15, 0.2) is 59.7 Å². The molecule has 2 aromatic rings. The quantitative estimate of drug-likeness (QED) is 0.683. The number of nitrogens with zero attached hydrogens (tertiary/aromatic N) is 2. The number of hydrogen-bond donors (Lipinski definition) is 2. The van der Waals surface area contributed by atoms with Crippen LogP contribution in [0.25, 0.3) is 0 Å². The Balaban J connectivity index is 1.56. The molecule has 3 rings (SSSR count). The van der Waals surface area contributed by atoms with Gasteiger partial charge in [0.2, 0.25) is 0 Å². The van der Waals surface area contributed by atoms with E-state index in [1.807, 2.05) is 55.5 Å². The molecular formula is C22H24N4O4. The van der Waals surface area contributed by atoms with Crippen molar-refractivity contribution in [1.29, 1.82) is 0 Å².